The molecule has 0 radical (unpaired) electrons. The first-order valence-corrected chi connectivity index (χ1v) is 4.49. The van der Waals surface area contributed by atoms with E-state index in [1.807, 2.05) is 6.07 Å². The van der Waals surface area contributed by atoms with Crippen LogP contribution in [0.1, 0.15) is 5.56 Å². The second-order valence-electron chi connectivity index (χ2n) is 2.65. The fraction of sp³-hybridized carbons (Fsp3) is 0. The molecule has 0 aliphatic heterocycles. The lowest BCUT2D eigenvalue weighted by Gasteiger charge is -2.00. The van der Waals surface area contributed by atoms with Gasteiger partial charge in [0.1, 0.15) is 0 Å². The minimum absolute atomic E-state index is 0.251. The standard InChI is InChI=1S/C9H3Cl2N3/c10-8-6-2-1-5(4-12)3-7(6)9(11)14-13-8/h1-3H. The maximum Gasteiger partial charge on any atom is 0.159 e. The van der Waals surface area contributed by atoms with Crippen molar-refractivity contribution < 1.29 is 0 Å². The van der Waals surface area contributed by atoms with E-state index in [-0.39, 0.29) is 10.3 Å². The molecule has 14 heavy (non-hydrogen) atoms. The largest absolute Gasteiger partial charge is 0.192 e. The zero-order valence-corrected chi connectivity index (χ0v) is 8.34. The molecular formula is C9H3Cl2N3. The van der Waals surface area contributed by atoms with E-state index in [0.717, 1.165) is 0 Å². The van der Waals surface area contributed by atoms with Crippen LogP contribution in [0.5, 0.6) is 0 Å². The summed E-state index contributed by atoms with van der Waals surface area (Å²) >= 11 is 11.6. The molecule has 3 nitrogen and oxygen atoms in total. The average molecular weight is 224 g/mol. The Hall–Kier alpha value is -1.37. The third kappa shape index (κ3) is 1.39. The van der Waals surface area contributed by atoms with E-state index in [9.17, 15) is 0 Å². The van der Waals surface area contributed by atoms with Crippen LogP contribution in [0.2, 0.25) is 10.3 Å². The van der Waals surface area contributed by atoms with E-state index < -0.39 is 0 Å². The molecule has 0 aliphatic carbocycles. The lowest BCUT2D eigenvalue weighted by atomic mass is 10.1. The summed E-state index contributed by atoms with van der Waals surface area (Å²) in [6, 6.07) is 7.02. The fourth-order valence-electron chi connectivity index (χ4n) is 1.16. The molecule has 2 rings (SSSR count). The van der Waals surface area contributed by atoms with Gasteiger partial charge >= 0.3 is 0 Å². The molecule has 5 heteroatoms. The number of fused-ring (bicyclic) bond motifs is 1. The highest BCUT2D eigenvalue weighted by molar-refractivity contribution is 6.38. The van der Waals surface area contributed by atoms with Gasteiger partial charge in [-0.05, 0) is 18.2 Å². The summed E-state index contributed by atoms with van der Waals surface area (Å²) in [6.45, 7) is 0. The lowest BCUT2D eigenvalue weighted by Crippen LogP contribution is -1.87. The van der Waals surface area contributed by atoms with E-state index in [1.165, 1.54) is 0 Å². The van der Waals surface area contributed by atoms with Gasteiger partial charge < -0.3 is 0 Å². The molecule has 0 bridgehead atoms. The molecule has 68 valence electrons. The summed E-state index contributed by atoms with van der Waals surface area (Å²) in [6.07, 6.45) is 0. The number of hydrogen-bond acceptors (Lipinski definition) is 3. The summed E-state index contributed by atoms with van der Waals surface area (Å²) in [5.74, 6) is 0. The zero-order chi connectivity index (χ0) is 10.1. The Morgan fingerprint density at radius 1 is 1.07 bits per heavy atom. The summed E-state index contributed by atoms with van der Waals surface area (Å²) in [7, 11) is 0. The Morgan fingerprint density at radius 2 is 1.71 bits per heavy atom. The van der Waals surface area contributed by atoms with Gasteiger partial charge in [0.2, 0.25) is 0 Å². The smallest absolute Gasteiger partial charge is 0.159 e. The molecule has 0 amide bonds. The molecular weight excluding hydrogens is 221 g/mol. The van der Waals surface area contributed by atoms with Gasteiger partial charge in [-0.25, -0.2) is 0 Å². The molecule has 0 unspecified atom stereocenters. The second kappa shape index (κ2) is 3.41. The van der Waals surface area contributed by atoms with Crippen molar-refractivity contribution in [3.05, 3.63) is 34.1 Å². The molecule has 2 aromatic rings. The van der Waals surface area contributed by atoms with Gasteiger partial charge in [-0.1, -0.05) is 23.2 Å². The van der Waals surface area contributed by atoms with Crippen molar-refractivity contribution in [1.82, 2.24) is 10.2 Å². The van der Waals surface area contributed by atoms with Gasteiger partial charge in [-0.15, -0.1) is 10.2 Å². The van der Waals surface area contributed by atoms with Gasteiger partial charge in [0.15, 0.2) is 10.3 Å². The van der Waals surface area contributed by atoms with Crippen LogP contribution < -0.4 is 0 Å². The van der Waals surface area contributed by atoms with Crippen LogP contribution in [0.4, 0.5) is 0 Å². The van der Waals surface area contributed by atoms with E-state index in [1.54, 1.807) is 18.2 Å². The van der Waals surface area contributed by atoms with Crippen LogP contribution in [-0.2, 0) is 0 Å². The van der Waals surface area contributed by atoms with E-state index in [4.69, 9.17) is 28.5 Å². The quantitative estimate of drug-likeness (QED) is 0.691. The Balaban J connectivity index is 2.89. The third-order valence-corrected chi connectivity index (χ3v) is 2.38. The van der Waals surface area contributed by atoms with Crippen molar-refractivity contribution in [3.63, 3.8) is 0 Å². The van der Waals surface area contributed by atoms with Gasteiger partial charge in [-0.2, -0.15) is 5.26 Å². The number of halogens is 2. The first-order valence-electron chi connectivity index (χ1n) is 3.74. The monoisotopic (exact) mass is 223 g/mol. The van der Waals surface area contributed by atoms with Crippen LogP contribution in [0.15, 0.2) is 18.2 Å². The van der Waals surface area contributed by atoms with Crippen LogP contribution in [-0.4, -0.2) is 10.2 Å². The van der Waals surface area contributed by atoms with Crippen LogP contribution in [0.25, 0.3) is 10.8 Å². The van der Waals surface area contributed by atoms with Crippen molar-refractivity contribution in [2.75, 3.05) is 0 Å². The summed E-state index contributed by atoms with van der Waals surface area (Å²) < 4.78 is 0. The normalized spacial score (nSPS) is 10.1. The third-order valence-electron chi connectivity index (χ3n) is 1.82. The minimum atomic E-state index is 0.251. The number of aromatic nitrogens is 2. The summed E-state index contributed by atoms with van der Waals surface area (Å²) in [4.78, 5) is 0. The summed E-state index contributed by atoms with van der Waals surface area (Å²) in [5.41, 5.74) is 0.517. The predicted molar refractivity (Wildman–Crippen MR) is 54.3 cm³/mol. The Morgan fingerprint density at radius 3 is 2.36 bits per heavy atom. The van der Waals surface area contributed by atoms with Crippen LogP contribution in [0.3, 0.4) is 0 Å². The Bertz CT molecular complexity index is 545. The molecule has 0 saturated carbocycles. The van der Waals surface area contributed by atoms with E-state index in [0.29, 0.717) is 16.3 Å². The molecule has 0 atom stereocenters. The zero-order valence-electron chi connectivity index (χ0n) is 6.83. The number of benzene rings is 1. The molecule has 0 spiro atoms. The molecule has 0 saturated heterocycles. The van der Waals surface area contributed by atoms with Crippen molar-refractivity contribution >= 4 is 34.0 Å². The van der Waals surface area contributed by atoms with Crippen molar-refractivity contribution in [1.29, 1.82) is 5.26 Å². The van der Waals surface area contributed by atoms with Gasteiger partial charge in [0, 0.05) is 10.8 Å². The molecule has 1 heterocycles. The molecule has 0 N–H and O–H groups in total. The number of nitriles is 1. The first-order chi connectivity index (χ1) is 6.72. The SMILES string of the molecule is N#Cc1ccc2c(Cl)nnc(Cl)c2c1. The minimum Gasteiger partial charge on any atom is -0.192 e. The molecule has 0 fully saturated rings. The van der Waals surface area contributed by atoms with Crippen molar-refractivity contribution in [2.24, 2.45) is 0 Å². The highest BCUT2D eigenvalue weighted by Gasteiger charge is 2.06. The topological polar surface area (TPSA) is 49.6 Å². The first kappa shape index (κ1) is 9.20. The van der Waals surface area contributed by atoms with E-state index >= 15 is 0 Å². The Kier molecular flexibility index (Phi) is 2.24. The highest BCUT2D eigenvalue weighted by Crippen LogP contribution is 2.26. The fourth-order valence-corrected chi connectivity index (χ4v) is 1.56. The summed E-state index contributed by atoms with van der Waals surface area (Å²) in [5, 5.41) is 17.9. The van der Waals surface area contributed by atoms with Crippen molar-refractivity contribution in [3.8, 4) is 6.07 Å². The van der Waals surface area contributed by atoms with Gasteiger partial charge in [0.25, 0.3) is 0 Å². The highest BCUT2D eigenvalue weighted by atomic mass is 35.5. The second-order valence-corrected chi connectivity index (χ2v) is 3.37. The maximum atomic E-state index is 8.70. The van der Waals surface area contributed by atoms with Gasteiger partial charge in [-0.3, -0.25) is 0 Å². The van der Waals surface area contributed by atoms with Crippen LogP contribution >= 0.6 is 23.2 Å². The molecule has 0 aliphatic rings. The van der Waals surface area contributed by atoms with Gasteiger partial charge in [0.05, 0.1) is 11.6 Å². The number of nitrogens with zero attached hydrogens (tertiary/aromatic N) is 3. The maximum absolute atomic E-state index is 8.70. The molecule has 1 aromatic heterocycles. The van der Waals surface area contributed by atoms with E-state index in [2.05, 4.69) is 10.2 Å². The predicted octanol–water partition coefficient (Wildman–Crippen LogP) is 2.81. The molecule has 1 aromatic carbocycles. The number of hydrogen-bond donors (Lipinski definition) is 0. The van der Waals surface area contributed by atoms with Crippen LogP contribution in [0, 0.1) is 11.3 Å². The average Bonchev–Trinajstić information content (AvgIpc) is 2.23. The lowest BCUT2D eigenvalue weighted by molar-refractivity contribution is 1.05. The van der Waals surface area contributed by atoms with Crippen molar-refractivity contribution in [2.45, 2.75) is 0 Å². The number of rotatable bonds is 0. The Labute approximate surface area is 89.9 Å².